The number of hydrogen-bond acceptors (Lipinski definition) is 3. The number of anilines is 1. The Morgan fingerprint density at radius 1 is 1.15 bits per heavy atom. The first-order chi connectivity index (χ1) is 12.3. The lowest BCUT2D eigenvalue weighted by Gasteiger charge is -2.07. The maximum Gasteiger partial charge on any atom is 0.416 e. The van der Waals surface area contributed by atoms with Gasteiger partial charge >= 0.3 is 6.18 Å². The molecule has 0 aliphatic carbocycles. The summed E-state index contributed by atoms with van der Waals surface area (Å²) in [4.78, 5) is 16.9. The van der Waals surface area contributed by atoms with Crippen molar-refractivity contribution in [1.82, 2.24) is 4.98 Å². The average molecular weight is 392 g/mol. The molecule has 0 fully saturated rings. The van der Waals surface area contributed by atoms with Crippen molar-refractivity contribution in [3.8, 4) is 0 Å². The van der Waals surface area contributed by atoms with Crippen molar-refractivity contribution in [3.63, 3.8) is 0 Å². The number of benzene rings is 2. The van der Waals surface area contributed by atoms with Gasteiger partial charge in [0.05, 0.1) is 16.8 Å². The monoisotopic (exact) mass is 392 g/mol. The fourth-order valence-electron chi connectivity index (χ4n) is 2.43. The van der Waals surface area contributed by atoms with E-state index in [4.69, 9.17) is 0 Å². The number of rotatable bonds is 4. The molecule has 1 amide bonds. The number of aromatic nitrogens is 1. The third-order valence-electron chi connectivity index (χ3n) is 3.78. The van der Waals surface area contributed by atoms with Crippen LogP contribution < -0.4 is 5.32 Å². The molecule has 27 heavy (non-hydrogen) atoms. The topological polar surface area (TPSA) is 42.0 Å². The van der Waals surface area contributed by atoms with E-state index in [1.807, 2.05) is 25.1 Å². The second kappa shape index (κ2) is 8.35. The van der Waals surface area contributed by atoms with Crippen molar-refractivity contribution in [3.05, 3.63) is 81.3 Å². The lowest BCUT2D eigenvalue weighted by atomic mass is 10.1. The van der Waals surface area contributed by atoms with E-state index in [-0.39, 0.29) is 19.8 Å². The number of hydrogen-bond donors (Lipinski definition) is 1. The van der Waals surface area contributed by atoms with Crippen LogP contribution in [-0.4, -0.2) is 10.9 Å². The number of aryl methyl sites for hydroxylation is 1. The normalized spacial score (nSPS) is 11.0. The van der Waals surface area contributed by atoms with Crippen molar-refractivity contribution in [2.75, 3.05) is 5.32 Å². The van der Waals surface area contributed by atoms with Gasteiger partial charge < -0.3 is 5.32 Å². The Balaban J connectivity index is 0.00000261. The second-order valence-corrected chi connectivity index (χ2v) is 6.88. The third kappa shape index (κ3) is 5.17. The number of amides is 1. The maximum atomic E-state index is 12.8. The van der Waals surface area contributed by atoms with Crippen LogP contribution in [-0.2, 0) is 12.6 Å². The van der Waals surface area contributed by atoms with E-state index in [1.165, 1.54) is 23.6 Å². The number of nitrogens with one attached hydrogen (secondary N) is 1. The maximum absolute atomic E-state index is 12.8. The van der Waals surface area contributed by atoms with Crippen molar-refractivity contribution in [2.45, 2.75) is 26.9 Å². The van der Waals surface area contributed by atoms with Crippen LogP contribution in [0.25, 0.3) is 0 Å². The van der Waals surface area contributed by atoms with E-state index in [9.17, 15) is 18.0 Å². The van der Waals surface area contributed by atoms with Crippen molar-refractivity contribution in [1.29, 1.82) is 0 Å². The molecule has 2 aromatic carbocycles. The summed E-state index contributed by atoms with van der Waals surface area (Å²) < 4.78 is 38.4. The molecule has 0 unspecified atom stereocenters. The smallest absolute Gasteiger partial charge is 0.321 e. The molecule has 0 bridgehead atoms. The molecule has 3 aromatic rings. The Morgan fingerprint density at radius 2 is 1.89 bits per heavy atom. The average Bonchev–Trinajstić information content (AvgIpc) is 3.05. The largest absolute Gasteiger partial charge is 0.416 e. The first-order valence-corrected chi connectivity index (χ1v) is 8.62. The Kier molecular flexibility index (Phi) is 6.38. The molecule has 0 radical (unpaired) electrons. The second-order valence-electron chi connectivity index (χ2n) is 5.76. The minimum Gasteiger partial charge on any atom is -0.321 e. The van der Waals surface area contributed by atoms with Gasteiger partial charge in [-0.25, -0.2) is 4.98 Å². The lowest BCUT2D eigenvalue weighted by molar-refractivity contribution is -0.137. The molecule has 0 atom stereocenters. The summed E-state index contributed by atoms with van der Waals surface area (Å²) in [6.45, 7) is 1.89. The number of thiazole rings is 1. The van der Waals surface area contributed by atoms with Gasteiger partial charge in [0.1, 0.15) is 4.88 Å². The lowest BCUT2D eigenvalue weighted by Crippen LogP contribution is -2.10. The molecule has 1 N–H and O–H groups in total. The summed E-state index contributed by atoms with van der Waals surface area (Å²) in [5.41, 5.74) is 1.46. The molecule has 1 heterocycles. The van der Waals surface area contributed by atoms with E-state index in [0.717, 1.165) is 17.7 Å². The first-order valence-electron chi connectivity index (χ1n) is 7.81. The van der Waals surface area contributed by atoms with E-state index in [1.54, 1.807) is 12.1 Å². The zero-order valence-corrected chi connectivity index (χ0v) is 14.6. The van der Waals surface area contributed by atoms with Crippen molar-refractivity contribution in [2.24, 2.45) is 0 Å². The number of carbonyl (C=O) groups is 1. The van der Waals surface area contributed by atoms with Crippen molar-refractivity contribution < 1.29 is 18.0 Å². The molecule has 7 heteroatoms. The highest BCUT2D eigenvalue weighted by molar-refractivity contribution is 7.13. The van der Waals surface area contributed by atoms with Gasteiger partial charge in [-0.3, -0.25) is 4.79 Å². The molecular weight excluding hydrogens is 373 g/mol. The van der Waals surface area contributed by atoms with Crippen LogP contribution in [0.5, 0.6) is 0 Å². The highest BCUT2D eigenvalue weighted by Gasteiger charge is 2.30. The van der Waals surface area contributed by atoms with Gasteiger partial charge in [0.2, 0.25) is 0 Å². The number of para-hydroxylation sites is 1. The Bertz CT molecular complexity index is 935. The quantitative estimate of drug-likeness (QED) is 0.596. The van der Waals surface area contributed by atoms with Crippen molar-refractivity contribution >= 4 is 22.9 Å². The molecule has 0 aliphatic rings. The van der Waals surface area contributed by atoms with Gasteiger partial charge in [-0.1, -0.05) is 43.8 Å². The minimum absolute atomic E-state index is 0. The standard InChI is InChI=1S/C19H15F3N2OS.CH4/c1-12-5-2-3-8-15(12)24-18(25)16-11-23-17(26-16)10-13-6-4-7-14(9-13)19(20,21)22;/h2-9,11H,10H2,1H3,(H,24,25);1H4. The molecule has 1 aromatic heterocycles. The molecule has 0 aliphatic heterocycles. The zero-order chi connectivity index (χ0) is 18.7. The zero-order valence-electron chi connectivity index (χ0n) is 13.8. The van der Waals surface area contributed by atoms with Gasteiger partial charge in [-0.15, -0.1) is 11.3 Å². The molecular formula is C20H19F3N2OS. The number of nitrogens with zero attached hydrogens (tertiary/aromatic N) is 1. The molecule has 3 nitrogen and oxygen atoms in total. The number of halogens is 3. The summed E-state index contributed by atoms with van der Waals surface area (Å²) in [5.74, 6) is -0.285. The van der Waals surface area contributed by atoms with Gasteiger partial charge in [-0.2, -0.15) is 13.2 Å². The van der Waals surface area contributed by atoms with Crippen LogP contribution >= 0.6 is 11.3 Å². The predicted molar refractivity (Wildman–Crippen MR) is 102 cm³/mol. The molecule has 0 saturated carbocycles. The third-order valence-corrected chi connectivity index (χ3v) is 4.78. The van der Waals surface area contributed by atoms with Crippen LogP contribution in [0.15, 0.2) is 54.7 Å². The number of alkyl halides is 3. The van der Waals surface area contributed by atoms with E-state index in [2.05, 4.69) is 10.3 Å². The predicted octanol–water partition coefficient (Wildman–Crippen LogP) is 5.95. The van der Waals surface area contributed by atoms with Crippen LogP contribution in [0.4, 0.5) is 18.9 Å². The van der Waals surface area contributed by atoms with Crippen LogP contribution in [0, 0.1) is 6.92 Å². The highest BCUT2D eigenvalue weighted by atomic mass is 32.1. The fraction of sp³-hybridized carbons (Fsp3) is 0.200. The molecule has 142 valence electrons. The van der Waals surface area contributed by atoms with Crippen LogP contribution in [0.1, 0.15) is 38.8 Å². The summed E-state index contributed by atoms with van der Waals surface area (Å²) in [7, 11) is 0. The molecule has 0 spiro atoms. The molecule has 0 saturated heterocycles. The van der Waals surface area contributed by atoms with Crippen LogP contribution in [0.2, 0.25) is 0 Å². The van der Waals surface area contributed by atoms with Gasteiger partial charge in [0, 0.05) is 12.1 Å². The first kappa shape index (κ1) is 20.6. The minimum atomic E-state index is -4.38. The summed E-state index contributed by atoms with van der Waals surface area (Å²) in [5, 5.41) is 3.40. The SMILES string of the molecule is C.Cc1ccccc1NC(=O)c1cnc(Cc2cccc(C(F)(F)F)c2)s1. The summed E-state index contributed by atoms with van der Waals surface area (Å²) in [6, 6.07) is 12.5. The molecule has 3 rings (SSSR count). The number of carbonyl (C=O) groups excluding carboxylic acids is 1. The van der Waals surface area contributed by atoms with Gasteiger partial charge in [-0.05, 0) is 30.2 Å². The van der Waals surface area contributed by atoms with E-state index in [0.29, 0.717) is 21.1 Å². The Hall–Kier alpha value is -2.67. The Labute approximate surface area is 159 Å². The Morgan fingerprint density at radius 3 is 2.59 bits per heavy atom. The van der Waals surface area contributed by atoms with Gasteiger partial charge in [0.25, 0.3) is 5.91 Å². The summed E-state index contributed by atoms with van der Waals surface area (Å²) in [6.07, 6.45) is -2.69. The van der Waals surface area contributed by atoms with E-state index >= 15 is 0 Å². The fourth-order valence-corrected chi connectivity index (χ4v) is 3.27. The highest BCUT2D eigenvalue weighted by Crippen LogP contribution is 2.30. The van der Waals surface area contributed by atoms with Crippen LogP contribution in [0.3, 0.4) is 0 Å². The van der Waals surface area contributed by atoms with E-state index < -0.39 is 11.7 Å². The summed E-state index contributed by atoms with van der Waals surface area (Å²) >= 11 is 1.17. The van der Waals surface area contributed by atoms with Gasteiger partial charge in [0.15, 0.2) is 0 Å².